The Labute approximate surface area is 112 Å². The van der Waals surface area contributed by atoms with Crippen molar-refractivity contribution in [2.75, 3.05) is 5.73 Å². The Morgan fingerprint density at radius 2 is 1.94 bits per heavy atom. The average molecular weight is 261 g/mol. The minimum atomic E-state index is 0.492. The summed E-state index contributed by atoms with van der Waals surface area (Å²) in [7, 11) is 0. The second-order valence-electron chi connectivity index (χ2n) is 4.67. The van der Waals surface area contributed by atoms with Crippen LogP contribution in [0.2, 0.25) is 0 Å². The average Bonchev–Trinajstić information content (AvgIpc) is 2.84. The molecule has 0 radical (unpaired) electrons. The number of nitrogens with zero attached hydrogens (tertiary/aromatic N) is 2. The van der Waals surface area contributed by atoms with Crippen molar-refractivity contribution in [3.63, 3.8) is 0 Å². The lowest BCUT2D eigenvalue weighted by Crippen LogP contribution is -2.29. The number of nitrogen functional groups attached to an aromatic ring is 1. The number of thiazole rings is 1. The first-order chi connectivity index (χ1) is 8.65. The smallest absolute Gasteiger partial charge is 0.107 e. The van der Waals surface area contributed by atoms with Crippen molar-refractivity contribution >= 4 is 17.0 Å². The highest BCUT2D eigenvalue weighted by atomic mass is 32.1. The normalized spacial score (nSPS) is 11.3. The van der Waals surface area contributed by atoms with E-state index in [-0.39, 0.29) is 0 Å². The fraction of sp³-hybridized carbons (Fsp3) is 0.357. The molecule has 4 heteroatoms. The van der Waals surface area contributed by atoms with Crippen LogP contribution in [0.15, 0.2) is 35.8 Å². The Balaban J connectivity index is 2.04. The van der Waals surface area contributed by atoms with Gasteiger partial charge in [-0.15, -0.1) is 11.3 Å². The van der Waals surface area contributed by atoms with Crippen molar-refractivity contribution in [3.8, 4) is 0 Å². The molecular formula is C14H19N3S. The monoisotopic (exact) mass is 261 g/mol. The molecule has 0 aliphatic carbocycles. The first-order valence-corrected chi connectivity index (χ1v) is 7.00. The molecule has 1 aromatic carbocycles. The Kier molecular flexibility index (Phi) is 4.33. The molecule has 0 bridgehead atoms. The molecular weight excluding hydrogens is 242 g/mol. The molecule has 96 valence electrons. The van der Waals surface area contributed by atoms with Gasteiger partial charge in [0.1, 0.15) is 5.01 Å². The third-order valence-corrected chi connectivity index (χ3v) is 3.68. The summed E-state index contributed by atoms with van der Waals surface area (Å²) in [5.74, 6) is 0. The van der Waals surface area contributed by atoms with Gasteiger partial charge in [0.15, 0.2) is 0 Å². The Hall–Kier alpha value is -1.39. The molecule has 0 atom stereocenters. The lowest BCUT2D eigenvalue weighted by molar-refractivity contribution is 0.203. The van der Waals surface area contributed by atoms with Gasteiger partial charge >= 0.3 is 0 Å². The van der Waals surface area contributed by atoms with E-state index in [4.69, 9.17) is 5.73 Å². The van der Waals surface area contributed by atoms with E-state index in [0.717, 1.165) is 18.8 Å². The first-order valence-electron chi connectivity index (χ1n) is 6.12. The van der Waals surface area contributed by atoms with E-state index in [2.05, 4.69) is 35.9 Å². The molecule has 1 heterocycles. The van der Waals surface area contributed by atoms with Crippen molar-refractivity contribution in [2.24, 2.45) is 0 Å². The van der Waals surface area contributed by atoms with E-state index in [9.17, 15) is 0 Å². The lowest BCUT2D eigenvalue weighted by atomic mass is 10.1. The molecule has 18 heavy (non-hydrogen) atoms. The molecule has 0 amide bonds. The third kappa shape index (κ3) is 3.55. The van der Waals surface area contributed by atoms with Crippen LogP contribution in [0.4, 0.5) is 5.69 Å². The first kappa shape index (κ1) is 13.1. The number of benzene rings is 1. The molecule has 0 aliphatic rings. The van der Waals surface area contributed by atoms with Crippen LogP contribution in [0.3, 0.4) is 0 Å². The predicted octanol–water partition coefficient (Wildman–Crippen LogP) is 3.14. The molecule has 3 nitrogen and oxygen atoms in total. The van der Waals surface area contributed by atoms with E-state index < -0.39 is 0 Å². The fourth-order valence-corrected chi connectivity index (χ4v) is 2.42. The van der Waals surface area contributed by atoms with Crippen LogP contribution >= 0.6 is 11.3 Å². The number of anilines is 1. The third-order valence-electron chi connectivity index (χ3n) is 2.92. The second kappa shape index (κ2) is 5.98. The number of nitrogens with two attached hydrogens (primary N) is 1. The summed E-state index contributed by atoms with van der Waals surface area (Å²) >= 11 is 1.71. The summed E-state index contributed by atoms with van der Waals surface area (Å²) in [5, 5.41) is 3.19. The molecule has 2 rings (SSSR count). The largest absolute Gasteiger partial charge is 0.399 e. The van der Waals surface area contributed by atoms with Gasteiger partial charge in [0.05, 0.1) is 6.54 Å². The molecule has 2 N–H and O–H groups in total. The van der Waals surface area contributed by atoms with Crippen LogP contribution < -0.4 is 5.73 Å². The zero-order valence-corrected chi connectivity index (χ0v) is 11.7. The van der Waals surface area contributed by atoms with E-state index in [1.165, 1.54) is 10.6 Å². The standard InChI is InChI=1S/C14H19N3S/c1-11(2)17(10-14-16-7-8-18-14)9-12-3-5-13(15)6-4-12/h3-8,11H,9-10,15H2,1-2H3. The van der Waals surface area contributed by atoms with Gasteiger partial charge in [-0.25, -0.2) is 4.98 Å². The number of hydrogen-bond acceptors (Lipinski definition) is 4. The van der Waals surface area contributed by atoms with Gasteiger partial charge in [0.2, 0.25) is 0 Å². The summed E-state index contributed by atoms with van der Waals surface area (Å²) in [4.78, 5) is 6.76. The minimum Gasteiger partial charge on any atom is -0.399 e. The van der Waals surface area contributed by atoms with Crippen molar-refractivity contribution in [3.05, 3.63) is 46.4 Å². The Bertz CT molecular complexity index is 462. The lowest BCUT2D eigenvalue weighted by Gasteiger charge is -2.25. The zero-order chi connectivity index (χ0) is 13.0. The summed E-state index contributed by atoms with van der Waals surface area (Å²) < 4.78 is 0. The van der Waals surface area contributed by atoms with Gasteiger partial charge in [0, 0.05) is 29.9 Å². The highest BCUT2D eigenvalue weighted by molar-refractivity contribution is 7.09. The quantitative estimate of drug-likeness (QED) is 0.841. The number of aromatic nitrogens is 1. The van der Waals surface area contributed by atoms with Crippen molar-refractivity contribution in [2.45, 2.75) is 33.0 Å². The second-order valence-corrected chi connectivity index (χ2v) is 5.65. The zero-order valence-electron chi connectivity index (χ0n) is 10.8. The van der Waals surface area contributed by atoms with E-state index in [1.807, 2.05) is 23.7 Å². The summed E-state index contributed by atoms with van der Waals surface area (Å²) in [5.41, 5.74) is 7.81. The van der Waals surface area contributed by atoms with E-state index in [1.54, 1.807) is 11.3 Å². The molecule has 0 unspecified atom stereocenters. The topological polar surface area (TPSA) is 42.1 Å². The van der Waals surface area contributed by atoms with Gasteiger partial charge in [0.25, 0.3) is 0 Å². The Morgan fingerprint density at radius 1 is 1.22 bits per heavy atom. The summed E-state index contributed by atoms with van der Waals surface area (Å²) in [6.07, 6.45) is 1.86. The van der Waals surface area contributed by atoms with Crippen LogP contribution in [0.5, 0.6) is 0 Å². The van der Waals surface area contributed by atoms with Gasteiger partial charge in [-0.05, 0) is 31.5 Å². The maximum absolute atomic E-state index is 5.71. The van der Waals surface area contributed by atoms with Gasteiger partial charge in [-0.3, -0.25) is 4.90 Å². The molecule has 0 saturated heterocycles. The predicted molar refractivity (Wildman–Crippen MR) is 77.4 cm³/mol. The molecule has 0 saturated carbocycles. The van der Waals surface area contributed by atoms with Crippen LogP contribution in [-0.2, 0) is 13.1 Å². The number of hydrogen-bond donors (Lipinski definition) is 1. The van der Waals surface area contributed by atoms with E-state index in [0.29, 0.717) is 6.04 Å². The summed E-state index contributed by atoms with van der Waals surface area (Å²) in [6.45, 7) is 6.26. The van der Waals surface area contributed by atoms with Crippen molar-refractivity contribution in [1.82, 2.24) is 9.88 Å². The fourth-order valence-electron chi connectivity index (χ4n) is 1.78. The van der Waals surface area contributed by atoms with Gasteiger partial charge < -0.3 is 5.73 Å². The molecule has 2 aromatic rings. The van der Waals surface area contributed by atoms with Gasteiger partial charge in [-0.1, -0.05) is 12.1 Å². The van der Waals surface area contributed by atoms with Gasteiger partial charge in [-0.2, -0.15) is 0 Å². The molecule has 0 spiro atoms. The number of rotatable bonds is 5. The van der Waals surface area contributed by atoms with Crippen LogP contribution in [0.25, 0.3) is 0 Å². The minimum absolute atomic E-state index is 0.492. The SMILES string of the molecule is CC(C)N(Cc1ccc(N)cc1)Cc1nccs1. The molecule has 1 aromatic heterocycles. The maximum atomic E-state index is 5.71. The Morgan fingerprint density at radius 3 is 2.50 bits per heavy atom. The van der Waals surface area contributed by atoms with Crippen LogP contribution in [0.1, 0.15) is 24.4 Å². The van der Waals surface area contributed by atoms with Crippen LogP contribution in [-0.4, -0.2) is 15.9 Å². The molecule has 0 aliphatic heterocycles. The maximum Gasteiger partial charge on any atom is 0.107 e. The van der Waals surface area contributed by atoms with Crippen molar-refractivity contribution in [1.29, 1.82) is 0 Å². The highest BCUT2D eigenvalue weighted by Crippen LogP contribution is 2.15. The highest BCUT2D eigenvalue weighted by Gasteiger charge is 2.12. The summed E-state index contributed by atoms with van der Waals surface area (Å²) in [6, 6.07) is 8.58. The van der Waals surface area contributed by atoms with Crippen molar-refractivity contribution < 1.29 is 0 Å². The van der Waals surface area contributed by atoms with E-state index >= 15 is 0 Å². The molecule has 0 fully saturated rings. The van der Waals surface area contributed by atoms with Crippen LogP contribution in [0, 0.1) is 0 Å².